The lowest BCUT2D eigenvalue weighted by Crippen LogP contribution is -2.50. The summed E-state index contributed by atoms with van der Waals surface area (Å²) in [7, 11) is 0. The van der Waals surface area contributed by atoms with Crippen molar-refractivity contribution in [1.29, 1.82) is 0 Å². The van der Waals surface area contributed by atoms with E-state index in [0.717, 1.165) is 11.1 Å². The SMILES string of the molecule is Cc1ccc(NC(=O)COCC(C)(C)N2C(=O)c3ccccc3C2=O)cc1C. The molecule has 0 aliphatic carbocycles. The molecule has 0 unspecified atom stereocenters. The first-order valence-electron chi connectivity index (χ1n) is 9.13. The van der Waals surface area contributed by atoms with Gasteiger partial charge in [0.15, 0.2) is 0 Å². The molecule has 1 aliphatic heterocycles. The number of ether oxygens (including phenoxy) is 1. The number of hydrogen-bond acceptors (Lipinski definition) is 4. The van der Waals surface area contributed by atoms with Gasteiger partial charge in [0.1, 0.15) is 6.61 Å². The summed E-state index contributed by atoms with van der Waals surface area (Å²) in [6, 6.07) is 12.4. The van der Waals surface area contributed by atoms with Gasteiger partial charge in [-0.1, -0.05) is 18.2 Å². The van der Waals surface area contributed by atoms with Crippen LogP contribution in [0, 0.1) is 13.8 Å². The molecule has 1 heterocycles. The van der Waals surface area contributed by atoms with Crippen LogP contribution in [0.15, 0.2) is 42.5 Å². The summed E-state index contributed by atoms with van der Waals surface area (Å²) < 4.78 is 5.54. The van der Waals surface area contributed by atoms with Crippen LogP contribution in [0.25, 0.3) is 0 Å². The highest BCUT2D eigenvalue weighted by molar-refractivity contribution is 6.21. The molecule has 0 spiro atoms. The number of rotatable bonds is 6. The second-order valence-electron chi connectivity index (χ2n) is 7.64. The predicted octanol–water partition coefficient (Wildman–Crippen LogP) is 3.33. The van der Waals surface area contributed by atoms with E-state index in [-0.39, 0.29) is 30.9 Å². The zero-order chi connectivity index (χ0) is 20.5. The van der Waals surface area contributed by atoms with Crippen molar-refractivity contribution in [1.82, 2.24) is 4.90 Å². The summed E-state index contributed by atoms with van der Waals surface area (Å²) in [6.45, 7) is 7.36. The third-order valence-corrected chi connectivity index (χ3v) is 4.88. The number of carbonyl (C=O) groups is 3. The van der Waals surface area contributed by atoms with Crippen LogP contribution in [0.3, 0.4) is 0 Å². The Morgan fingerprint density at radius 2 is 1.61 bits per heavy atom. The smallest absolute Gasteiger partial charge is 0.262 e. The number of amides is 3. The van der Waals surface area contributed by atoms with Gasteiger partial charge in [0, 0.05) is 5.69 Å². The number of carbonyl (C=O) groups excluding carboxylic acids is 3. The molecule has 6 nitrogen and oxygen atoms in total. The Bertz CT molecular complexity index is 914. The zero-order valence-electron chi connectivity index (χ0n) is 16.5. The number of nitrogens with zero attached hydrogens (tertiary/aromatic N) is 1. The van der Waals surface area contributed by atoms with Crippen molar-refractivity contribution in [3.63, 3.8) is 0 Å². The number of imide groups is 1. The van der Waals surface area contributed by atoms with Crippen molar-refractivity contribution in [2.45, 2.75) is 33.2 Å². The van der Waals surface area contributed by atoms with E-state index in [2.05, 4.69) is 5.32 Å². The second-order valence-corrected chi connectivity index (χ2v) is 7.64. The maximum atomic E-state index is 12.6. The number of nitrogens with one attached hydrogen (secondary N) is 1. The van der Waals surface area contributed by atoms with E-state index < -0.39 is 5.54 Å². The monoisotopic (exact) mass is 380 g/mol. The van der Waals surface area contributed by atoms with Gasteiger partial charge >= 0.3 is 0 Å². The molecule has 0 bridgehead atoms. The number of anilines is 1. The van der Waals surface area contributed by atoms with Crippen molar-refractivity contribution in [2.24, 2.45) is 0 Å². The molecule has 0 saturated heterocycles. The van der Waals surface area contributed by atoms with Gasteiger partial charge in [-0.25, -0.2) is 0 Å². The van der Waals surface area contributed by atoms with E-state index >= 15 is 0 Å². The Morgan fingerprint density at radius 3 is 2.18 bits per heavy atom. The zero-order valence-corrected chi connectivity index (χ0v) is 16.5. The van der Waals surface area contributed by atoms with Crippen molar-refractivity contribution >= 4 is 23.4 Å². The number of hydrogen-bond donors (Lipinski definition) is 1. The van der Waals surface area contributed by atoms with Crippen LogP contribution in [-0.4, -0.2) is 41.4 Å². The average molecular weight is 380 g/mol. The highest BCUT2D eigenvalue weighted by atomic mass is 16.5. The number of aryl methyl sites for hydroxylation is 2. The topological polar surface area (TPSA) is 75.7 Å². The molecule has 0 aromatic heterocycles. The highest BCUT2D eigenvalue weighted by Crippen LogP contribution is 2.29. The lowest BCUT2D eigenvalue weighted by molar-refractivity contribution is -0.121. The summed E-state index contributed by atoms with van der Waals surface area (Å²) in [4.78, 5) is 38.6. The van der Waals surface area contributed by atoms with E-state index in [1.54, 1.807) is 38.1 Å². The van der Waals surface area contributed by atoms with Crippen molar-refractivity contribution < 1.29 is 19.1 Å². The molecule has 2 aromatic carbocycles. The quantitative estimate of drug-likeness (QED) is 0.780. The first kappa shape index (κ1) is 19.8. The maximum absolute atomic E-state index is 12.6. The van der Waals surface area contributed by atoms with E-state index in [9.17, 15) is 14.4 Å². The molecule has 28 heavy (non-hydrogen) atoms. The van der Waals surface area contributed by atoms with E-state index in [1.807, 2.05) is 32.0 Å². The van der Waals surface area contributed by atoms with Crippen LogP contribution < -0.4 is 5.32 Å². The predicted molar refractivity (Wildman–Crippen MR) is 106 cm³/mol. The van der Waals surface area contributed by atoms with Gasteiger partial charge in [-0.3, -0.25) is 19.3 Å². The van der Waals surface area contributed by atoms with Crippen LogP contribution in [0.2, 0.25) is 0 Å². The summed E-state index contributed by atoms with van der Waals surface area (Å²) in [6.07, 6.45) is 0. The first-order valence-corrected chi connectivity index (χ1v) is 9.13. The molecule has 0 atom stereocenters. The molecular weight excluding hydrogens is 356 g/mol. The minimum Gasteiger partial charge on any atom is -0.369 e. The van der Waals surface area contributed by atoms with Gasteiger partial charge in [0.05, 0.1) is 23.3 Å². The molecule has 6 heteroatoms. The molecule has 0 radical (unpaired) electrons. The Balaban J connectivity index is 1.58. The fraction of sp³-hybridized carbons (Fsp3) is 0.318. The molecule has 2 aromatic rings. The Kier molecular flexibility index (Phi) is 5.34. The molecule has 0 fully saturated rings. The fourth-order valence-corrected chi connectivity index (χ4v) is 3.21. The van der Waals surface area contributed by atoms with E-state index in [4.69, 9.17) is 4.74 Å². The Labute approximate surface area is 164 Å². The summed E-state index contributed by atoms with van der Waals surface area (Å²) in [5.41, 5.74) is 2.85. The molecule has 1 N–H and O–H groups in total. The molecular formula is C22H24N2O4. The van der Waals surface area contributed by atoms with Gasteiger partial charge in [-0.05, 0) is 63.1 Å². The molecule has 0 saturated carbocycles. The third kappa shape index (κ3) is 3.82. The van der Waals surface area contributed by atoms with Gasteiger partial charge in [0.25, 0.3) is 11.8 Å². The highest BCUT2D eigenvalue weighted by Gasteiger charge is 2.44. The van der Waals surface area contributed by atoms with Crippen LogP contribution in [0.5, 0.6) is 0 Å². The van der Waals surface area contributed by atoms with Gasteiger partial charge in [-0.2, -0.15) is 0 Å². The summed E-state index contributed by atoms with van der Waals surface area (Å²) in [5, 5.41) is 2.79. The second kappa shape index (κ2) is 7.56. The summed E-state index contributed by atoms with van der Waals surface area (Å²) in [5.74, 6) is -0.969. The molecule has 3 rings (SSSR count). The average Bonchev–Trinajstić information content (AvgIpc) is 2.90. The van der Waals surface area contributed by atoms with Crippen LogP contribution in [0.1, 0.15) is 45.7 Å². The lowest BCUT2D eigenvalue weighted by Gasteiger charge is -2.33. The van der Waals surface area contributed by atoms with Crippen molar-refractivity contribution in [3.05, 3.63) is 64.7 Å². The minimum atomic E-state index is -0.881. The van der Waals surface area contributed by atoms with Gasteiger partial charge in [-0.15, -0.1) is 0 Å². The Morgan fingerprint density at radius 1 is 1.00 bits per heavy atom. The number of fused-ring (bicyclic) bond motifs is 1. The third-order valence-electron chi connectivity index (χ3n) is 4.88. The Hall–Kier alpha value is -2.99. The van der Waals surface area contributed by atoms with Crippen molar-refractivity contribution in [3.8, 4) is 0 Å². The van der Waals surface area contributed by atoms with Crippen LogP contribution in [0.4, 0.5) is 5.69 Å². The van der Waals surface area contributed by atoms with Crippen LogP contribution in [-0.2, 0) is 9.53 Å². The standard InChI is InChI=1S/C22H24N2O4/c1-14-9-10-16(11-15(14)2)23-19(25)12-28-13-22(3,4)24-20(26)17-7-5-6-8-18(17)21(24)27/h5-11H,12-13H2,1-4H3,(H,23,25). The minimum absolute atomic E-state index is 0.0544. The lowest BCUT2D eigenvalue weighted by atomic mass is 10.0. The molecule has 3 amide bonds. The van der Waals surface area contributed by atoms with Gasteiger partial charge < -0.3 is 10.1 Å². The fourth-order valence-electron chi connectivity index (χ4n) is 3.21. The normalized spacial score (nSPS) is 13.6. The molecule has 146 valence electrons. The van der Waals surface area contributed by atoms with Gasteiger partial charge in [0.2, 0.25) is 5.91 Å². The van der Waals surface area contributed by atoms with E-state index in [1.165, 1.54) is 4.90 Å². The van der Waals surface area contributed by atoms with E-state index in [0.29, 0.717) is 16.8 Å². The molecule has 1 aliphatic rings. The van der Waals surface area contributed by atoms with Crippen molar-refractivity contribution in [2.75, 3.05) is 18.5 Å². The van der Waals surface area contributed by atoms with Crippen LogP contribution >= 0.6 is 0 Å². The maximum Gasteiger partial charge on any atom is 0.262 e. The summed E-state index contributed by atoms with van der Waals surface area (Å²) >= 11 is 0. The number of benzene rings is 2. The first-order chi connectivity index (χ1) is 13.2. The largest absolute Gasteiger partial charge is 0.369 e.